The predicted octanol–water partition coefficient (Wildman–Crippen LogP) is 4.46. The Balaban J connectivity index is 2.01. The largest absolute Gasteiger partial charge is 0.461 e. The van der Waals surface area contributed by atoms with Crippen LogP contribution in [0, 0.1) is 19.8 Å². The molecule has 0 aliphatic rings. The number of aromatic nitrogens is 2. The molecule has 0 aliphatic carbocycles. The van der Waals surface area contributed by atoms with E-state index in [-0.39, 0.29) is 13.0 Å². The molecule has 0 N–H and O–H groups in total. The number of hydrogen-bond donors (Lipinski definition) is 0. The Labute approximate surface area is 151 Å². The van der Waals surface area contributed by atoms with Gasteiger partial charge in [0.1, 0.15) is 6.61 Å². The van der Waals surface area contributed by atoms with Gasteiger partial charge in [-0.2, -0.15) is 18.3 Å². The van der Waals surface area contributed by atoms with Gasteiger partial charge in [-0.3, -0.25) is 9.48 Å². The first kappa shape index (κ1) is 20.0. The maximum atomic E-state index is 12.7. The van der Waals surface area contributed by atoms with Gasteiger partial charge in [0.05, 0.1) is 17.7 Å². The molecular formula is C19H23F3N2O2. The second-order valence-corrected chi connectivity index (χ2v) is 6.76. The van der Waals surface area contributed by atoms with Crippen LogP contribution in [0.3, 0.4) is 0 Å². The first-order valence-corrected chi connectivity index (χ1v) is 8.42. The standard InChI is InChI=1S/C19H23F3N2O2/c1-12(2)10-24-14(4)17(13(3)23-24)9-18(25)26-11-15-6-5-7-16(8-15)19(20,21)22/h5-8,12H,9-11H2,1-4H3. The number of nitrogens with zero attached hydrogens (tertiary/aromatic N) is 2. The van der Waals surface area contributed by atoms with E-state index in [9.17, 15) is 18.0 Å². The minimum atomic E-state index is -4.42. The monoisotopic (exact) mass is 368 g/mol. The SMILES string of the molecule is Cc1nn(CC(C)C)c(C)c1CC(=O)OCc1cccc(C(F)(F)F)c1. The maximum absolute atomic E-state index is 12.7. The summed E-state index contributed by atoms with van der Waals surface area (Å²) in [5.41, 5.74) is 2.02. The number of benzene rings is 1. The quantitative estimate of drug-likeness (QED) is 0.707. The topological polar surface area (TPSA) is 44.1 Å². The average molecular weight is 368 g/mol. The molecule has 0 bridgehead atoms. The number of rotatable bonds is 6. The van der Waals surface area contributed by atoms with E-state index in [1.54, 1.807) is 0 Å². The van der Waals surface area contributed by atoms with E-state index in [4.69, 9.17) is 4.74 Å². The average Bonchev–Trinajstić information content (AvgIpc) is 2.79. The van der Waals surface area contributed by atoms with Crippen LogP contribution in [0.2, 0.25) is 0 Å². The molecule has 0 saturated heterocycles. The summed E-state index contributed by atoms with van der Waals surface area (Å²) in [6, 6.07) is 4.78. The Kier molecular flexibility index (Phi) is 6.10. The van der Waals surface area contributed by atoms with Crippen molar-refractivity contribution in [3.63, 3.8) is 0 Å². The molecule has 26 heavy (non-hydrogen) atoms. The van der Waals surface area contributed by atoms with E-state index in [1.165, 1.54) is 12.1 Å². The molecule has 142 valence electrons. The Morgan fingerprint density at radius 1 is 1.27 bits per heavy atom. The van der Waals surface area contributed by atoms with Gasteiger partial charge in [0.25, 0.3) is 0 Å². The third-order valence-electron chi connectivity index (χ3n) is 4.04. The van der Waals surface area contributed by atoms with Crippen LogP contribution >= 0.6 is 0 Å². The molecule has 4 nitrogen and oxygen atoms in total. The van der Waals surface area contributed by atoms with Crippen LogP contribution in [0.4, 0.5) is 13.2 Å². The van der Waals surface area contributed by atoms with Gasteiger partial charge >= 0.3 is 12.1 Å². The van der Waals surface area contributed by atoms with Crippen LogP contribution in [-0.2, 0) is 35.3 Å². The zero-order valence-corrected chi connectivity index (χ0v) is 15.4. The van der Waals surface area contributed by atoms with Gasteiger partial charge in [-0.05, 0) is 37.5 Å². The Morgan fingerprint density at radius 3 is 2.58 bits per heavy atom. The molecule has 0 spiro atoms. The van der Waals surface area contributed by atoms with Crippen LogP contribution in [0.25, 0.3) is 0 Å². The highest BCUT2D eigenvalue weighted by Gasteiger charge is 2.30. The molecule has 1 aromatic carbocycles. The lowest BCUT2D eigenvalue weighted by Gasteiger charge is -2.10. The lowest BCUT2D eigenvalue weighted by Crippen LogP contribution is -2.11. The number of carbonyl (C=O) groups excluding carboxylic acids is 1. The summed E-state index contributed by atoms with van der Waals surface area (Å²) in [5.74, 6) is -0.0635. The number of esters is 1. The minimum absolute atomic E-state index is 0.0503. The van der Waals surface area contributed by atoms with Crippen LogP contribution in [0.5, 0.6) is 0 Å². The van der Waals surface area contributed by atoms with E-state index in [0.29, 0.717) is 11.5 Å². The highest BCUT2D eigenvalue weighted by Crippen LogP contribution is 2.29. The summed E-state index contributed by atoms with van der Waals surface area (Å²) in [6.45, 7) is 8.46. The molecule has 0 amide bonds. The zero-order chi connectivity index (χ0) is 19.5. The van der Waals surface area contributed by atoms with Crippen molar-refractivity contribution < 1.29 is 22.7 Å². The van der Waals surface area contributed by atoms with Gasteiger partial charge in [-0.1, -0.05) is 26.0 Å². The van der Waals surface area contributed by atoms with Gasteiger partial charge < -0.3 is 4.74 Å². The summed E-state index contributed by atoms with van der Waals surface area (Å²) in [7, 11) is 0. The fourth-order valence-electron chi connectivity index (χ4n) is 2.71. The molecule has 0 unspecified atom stereocenters. The molecule has 7 heteroatoms. The first-order valence-electron chi connectivity index (χ1n) is 8.42. The van der Waals surface area contributed by atoms with Crippen LogP contribution in [-0.4, -0.2) is 15.7 Å². The number of carbonyl (C=O) groups is 1. The van der Waals surface area contributed by atoms with E-state index >= 15 is 0 Å². The summed E-state index contributed by atoms with van der Waals surface area (Å²) < 4.78 is 45.2. The smallest absolute Gasteiger partial charge is 0.416 e. The molecule has 1 aromatic heterocycles. The Morgan fingerprint density at radius 2 is 1.96 bits per heavy atom. The highest BCUT2D eigenvalue weighted by atomic mass is 19.4. The molecule has 0 saturated carbocycles. The lowest BCUT2D eigenvalue weighted by atomic mass is 10.1. The van der Waals surface area contributed by atoms with Crippen molar-refractivity contribution in [3.05, 3.63) is 52.3 Å². The fraction of sp³-hybridized carbons (Fsp3) is 0.474. The second-order valence-electron chi connectivity index (χ2n) is 6.76. The Bertz CT molecular complexity index is 780. The maximum Gasteiger partial charge on any atom is 0.416 e. The molecule has 1 heterocycles. The molecule has 0 atom stereocenters. The Hall–Kier alpha value is -2.31. The normalized spacial score (nSPS) is 11.8. The minimum Gasteiger partial charge on any atom is -0.461 e. The highest BCUT2D eigenvalue weighted by molar-refractivity contribution is 5.73. The lowest BCUT2D eigenvalue weighted by molar-refractivity contribution is -0.144. The van der Waals surface area contributed by atoms with Crippen molar-refractivity contribution in [2.45, 2.75) is 53.4 Å². The van der Waals surface area contributed by atoms with Crippen molar-refractivity contribution in [1.29, 1.82) is 0 Å². The van der Waals surface area contributed by atoms with Crippen molar-refractivity contribution >= 4 is 5.97 Å². The van der Waals surface area contributed by atoms with E-state index < -0.39 is 17.7 Å². The van der Waals surface area contributed by atoms with Gasteiger partial charge in [-0.15, -0.1) is 0 Å². The first-order chi connectivity index (χ1) is 12.1. The molecule has 0 aliphatic heterocycles. The van der Waals surface area contributed by atoms with Crippen LogP contribution in [0.15, 0.2) is 24.3 Å². The third-order valence-corrected chi connectivity index (χ3v) is 4.04. The molecule has 0 radical (unpaired) electrons. The number of halogens is 3. The van der Waals surface area contributed by atoms with Crippen LogP contribution < -0.4 is 0 Å². The van der Waals surface area contributed by atoms with Crippen molar-refractivity contribution in [2.75, 3.05) is 0 Å². The van der Waals surface area contributed by atoms with Gasteiger partial charge in [0, 0.05) is 17.8 Å². The number of ether oxygens (including phenoxy) is 1. The second kappa shape index (κ2) is 7.93. The number of hydrogen-bond acceptors (Lipinski definition) is 3. The van der Waals surface area contributed by atoms with Crippen molar-refractivity contribution in [1.82, 2.24) is 9.78 Å². The van der Waals surface area contributed by atoms with Crippen LogP contribution in [0.1, 0.15) is 41.9 Å². The summed E-state index contributed by atoms with van der Waals surface area (Å²) >= 11 is 0. The molecule has 2 rings (SSSR count). The van der Waals surface area contributed by atoms with E-state index in [2.05, 4.69) is 18.9 Å². The predicted molar refractivity (Wildman–Crippen MR) is 91.5 cm³/mol. The fourth-order valence-corrected chi connectivity index (χ4v) is 2.71. The van der Waals surface area contributed by atoms with Gasteiger partial charge in [0.15, 0.2) is 0 Å². The zero-order valence-electron chi connectivity index (χ0n) is 15.4. The van der Waals surface area contributed by atoms with Crippen molar-refractivity contribution in [2.24, 2.45) is 5.92 Å². The molecule has 2 aromatic rings. The van der Waals surface area contributed by atoms with E-state index in [0.717, 1.165) is 35.6 Å². The molecule has 0 fully saturated rings. The van der Waals surface area contributed by atoms with Gasteiger partial charge in [0.2, 0.25) is 0 Å². The van der Waals surface area contributed by atoms with Crippen molar-refractivity contribution in [3.8, 4) is 0 Å². The van der Waals surface area contributed by atoms with Gasteiger partial charge in [-0.25, -0.2) is 0 Å². The summed E-state index contributed by atoms with van der Waals surface area (Å²) in [4.78, 5) is 12.1. The summed E-state index contributed by atoms with van der Waals surface area (Å²) in [5, 5.41) is 4.44. The molecular weight excluding hydrogens is 345 g/mol. The van der Waals surface area contributed by atoms with E-state index in [1.807, 2.05) is 18.5 Å². The third kappa shape index (κ3) is 5.09. The summed E-state index contributed by atoms with van der Waals surface area (Å²) in [6.07, 6.45) is -4.37. The number of aryl methyl sites for hydroxylation is 1. The number of alkyl halides is 3.